The second-order valence-corrected chi connectivity index (χ2v) is 3.82. The monoisotopic (exact) mass is 241 g/mol. The van der Waals surface area contributed by atoms with Crippen molar-refractivity contribution in [1.29, 1.82) is 0 Å². The Morgan fingerprint density at radius 2 is 2.27 bits per heavy atom. The van der Waals surface area contributed by atoms with Gasteiger partial charge >= 0.3 is 0 Å². The minimum atomic E-state index is 0.0897. The normalized spacial score (nSPS) is 11.6. The summed E-state index contributed by atoms with van der Waals surface area (Å²) >= 11 is 1.43. The molecule has 0 N–H and O–H groups in total. The fourth-order valence-corrected chi connectivity index (χ4v) is 1.87. The number of aromatic nitrogens is 2. The zero-order valence-corrected chi connectivity index (χ0v) is 9.56. The van der Waals surface area contributed by atoms with Gasteiger partial charge in [0.2, 0.25) is 0 Å². The summed E-state index contributed by atoms with van der Waals surface area (Å²) in [5, 5.41) is 4.99. The summed E-state index contributed by atoms with van der Waals surface area (Å²) in [6, 6.07) is 7.47. The third-order valence-corrected chi connectivity index (χ3v) is 2.66. The topological polar surface area (TPSA) is 30.2 Å². The molecule has 0 amide bonds. The van der Waals surface area contributed by atoms with Gasteiger partial charge in [-0.2, -0.15) is 9.19 Å². The highest BCUT2D eigenvalue weighted by atomic mass is 32.2. The van der Waals surface area contributed by atoms with E-state index in [-0.39, 0.29) is 12.3 Å². The van der Waals surface area contributed by atoms with Crippen LogP contribution in [0.5, 0.6) is 0 Å². The van der Waals surface area contributed by atoms with Crippen molar-refractivity contribution < 1.29 is 3.89 Å². The Morgan fingerprint density at radius 1 is 1.47 bits per heavy atom. The lowest BCUT2D eigenvalue weighted by atomic mass is 10.2. The Labute approximate surface area is 95.3 Å². The van der Waals surface area contributed by atoms with Crippen LogP contribution < -0.4 is 0 Å². The number of fused-ring (bicyclic) bond motifs is 1. The molecule has 0 radical (unpaired) electrons. The number of nitrogens with zero attached hydrogens (tertiary/aromatic N) is 3. The minimum absolute atomic E-state index is 0.0897. The lowest BCUT2D eigenvalue weighted by Crippen LogP contribution is -1.87. The number of rotatable bonds is 3. The van der Waals surface area contributed by atoms with Gasteiger partial charge < -0.3 is 0 Å². The van der Waals surface area contributed by atoms with E-state index in [0.29, 0.717) is 5.69 Å². The zero-order chi connectivity index (χ0) is 10.7. The van der Waals surface area contributed by atoms with E-state index >= 15 is 0 Å². The molecule has 15 heavy (non-hydrogen) atoms. The number of halogens is 1. The summed E-state index contributed by atoms with van der Waals surface area (Å²) in [5.74, 6) is 0. The molecule has 0 aliphatic heterocycles. The molecule has 1 heterocycles. The van der Waals surface area contributed by atoms with E-state index in [0.717, 1.165) is 10.9 Å². The highest BCUT2D eigenvalue weighted by Gasteiger charge is 2.08. The first-order chi connectivity index (χ1) is 7.36. The van der Waals surface area contributed by atoms with E-state index in [1.165, 1.54) is 16.0 Å². The molecule has 0 saturated heterocycles. The fourth-order valence-electron chi connectivity index (χ4n) is 1.31. The maximum Gasteiger partial charge on any atom is 0.188 e. The van der Waals surface area contributed by atoms with Crippen LogP contribution in [-0.2, 0) is 0 Å². The van der Waals surface area contributed by atoms with Crippen LogP contribution >= 0.6 is 24.3 Å². The highest BCUT2D eigenvalue weighted by Crippen LogP contribution is 2.21. The molecule has 0 bridgehead atoms. The van der Waals surface area contributed by atoms with Crippen molar-refractivity contribution in [3.8, 4) is 0 Å². The van der Waals surface area contributed by atoms with E-state index < -0.39 is 0 Å². The predicted octanol–water partition coefficient (Wildman–Crippen LogP) is 3.11. The smallest absolute Gasteiger partial charge is 0.188 e. The molecule has 0 aliphatic rings. The number of hydrogen-bond donors (Lipinski definition) is 0. The molecule has 78 valence electrons. The summed E-state index contributed by atoms with van der Waals surface area (Å²) in [7, 11) is 0. The largest absolute Gasteiger partial charge is 0.223 e. The second-order valence-electron chi connectivity index (χ2n) is 2.76. The van der Waals surface area contributed by atoms with Crippen molar-refractivity contribution in [3.63, 3.8) is 0 Å². The second kappa shape index (κ2) is 4.67. The first-order valence-electron chi connectivity index (χ1n) is 4.20. The standard InChI is InChI=1S/C9H8FN3S2/c1-14-11-6-8-7-4-2-3-5-9(7)13(12-8)15-10/h2-6H,1H3. The van der Waals surface area contributed by atoms with Crippen LogP contribution in [0.25, 0.3) is 10.9 Å². The molecule has 2 rings (SSSR count). The molecule has 1 aromatic carbocycles. The van der Waals surface area contributed by atoms with Crippen LogP contribution in [0.4, 0.5) is 3.89 Å². The van der Waals surface area contributed by atoms with Gasteiger partial charge in [-0.3, -0.25) is 0 Å². The molecule has 0 saturated carbocycles. The van der Waals surface area contributed by atoms with Crippen molar-refractivity contribution in [1.82, 2.24) is 9.19 Å². The molecule has 0 unspecified atom stereocenters. The van der Waals surface area contributed by atoms with Crippen molar-refractivity contribution in [2.24, 2.45) is 4.40 Å². The quantitative estimate of drug-likeness (QED) is 0.611. The summed E-state index contributed by atoms with van der Waals surface area (Å²) in [6.07, 6.45) is 3.50. The molecule has 0 fully saturated rings. The van der Waals surface area contributed by atoms with Gasteiger partial charge in [0, 0.05) is 11.6 Å². The number of para-hydroxylation sites is 1. The minimum Gasteiger partial charge on any atom is -0.223 e. The SMILES string of the molecule is CSN=Cc1nn(SF)c2ccccc12. The van der Waals surface area contributed by atoms with Gasteiger partial charge in [-0.1, -0.05) is 18.2 Å². The Bertz CT molecular complexity index is 495. The number of hydrogen-bond acceptors (Lipinski definition) is 4. The molecule has 1 aromatic heterocycles. The van der Waals surface area contributed by atoms with E-state index in [1.54, 1.807) is 6.21 Å². The summed E-state index contributed by atoms with van der Waals surface area (Å²) < 4.78 is 17.8. The maximum atomic E-state index is 12.6. The molecule has 0 spiro atoms. The van der Waals surface area contributed by atoms with E-state index in [2.05, 4.69) is 9.50 Å². The molecule has 0 atom stereocenters. The summed E-state index contributed by atoms with van der Waals surface area (Å²) in [6.45, 7) is 0. The predicted molar refractivity (Wildman–Crippen MR) is 64.9 cm³/mol. The van der Waals surface area contributed by atoms with Crippen LogP contribution in [-0.4, -0.2) is 21.7 Å². The van der Waals surface area contributed by atoms with E-state index in [4.69, 9.17) is 0 Å². The molecular weight excluding hydrogens is 233 g/mol. The lowest BCUT2D eigenvalue weighted by Gasteiger charge is -1.90. The van der Waals surface area contributed by atoms with Gasteiger partial charge in [-0.15, -0.1) is 3.89 Å². The third kappa shape index (κ3) is 2.00. The van der Waals surface area contributed by atoms with Gasteiger partial charge in [0.25, 0.3) is 0 Å². The van der Waals surface area contributed by atoms with Gasteiger partial charge in [0.1, 0.15) is 5.69 Å². The Morgan fingerprint density at radius 3 is 3.00 bits per heavy atom. The van der Waals surface area contributed by atoms with Crippen LogP contribution in [0.2, 0.25) is 0 Å². The van der Waals surface area contributed by atoms with Crippen molar-refractivity contribution in [3.05, 3.63) is 30.0 Å². The molecule has 3 nitrogen and oxygen atoms in total. The van der Waals surface area contributed by atoms with Crippen molar-refractivity contribution in [2.45, 2.75) is 0 Å². The highest BCUT2D eigenvalue weighted by molar-refractivity contribution is 7.97. The van der Waals surface area contributed by atoms with Crippen molar-refractivity contribution >= 4 is 41.4 Å². The fraction of sp³-hybridized carbons (Fsp3) is 0.111. The molecule has 2 aromatic rings. The van der Waals surface area contributed by atoms with Gasteiger partial charge in [-0.25, -0.2) is 4.40 Å². The van der Waals surface area contributed by atoms with Gasteiger partial charge in [0.05, 0.1) is 11.7 Å². The first kappa shape index (κ1) is 10.5. The van der Waals surface area contributed by atoms with Crippen LogP contribution in [0.1, 0.15) is 5.69 Å². The van der Waals surface area contributed by atoms with Crippen molar-refractivity contribution in [2.75, 3.05) is 6.26 Å². The number of benzene rings is 1. The average Bonchev–Trinajstić information content (AvgIpc) is 2.65. The van der Waals surface area contributed by atoms with E-state index in [9.17, 15) is 3.89 Å². The lowest BCUT2D eigenvalue weighted by molar-refractivity contribution is 0.887. The van der Waals surface area contributed by atoms with Crippen LogP contribution in [0.15, 0.2) is 28.7 Å². The Balaban J connectivity index is 2.59. The Kier molecular flexibility index (Phi) is 3.27. The summed E-state index contributed by atoms with van der Waals surface area (Å²) in [5.41, 5.74) is 1.44. The van der Waals surface area contributed by atoms with Gasteiger partial charge in [-0.05, 0) is 18.0 Å². The van der Waals surface area contributed by atoms with E-state index in [1.807, 2.05) is 30.5 Å². The zero-order valence-electron chi connectivity index (χ0n) is 7.92. The average molecular weight is 241 g/mol. The molecule has 0 aliphatic carbocycles. The summed E-state index contributed by atoms with van der Waals surface area (Å²) in [4.78, 5) is 0. The first-order valence-corrected chi connectivity index (χ1v) is 6.05. The molecule has 6 heteroatoms. The van der Waals surface area contributed by atoms with Gasteiger partial charge in [0.15, 0.2) is 12.3 Å². The Hall–Kier alpha value is -1.01. The maximum absolute atomic E-state index is 12.6. The molecular formula is C9H8FN3S2. The van der Waals surface area contributed by atoms with Crippen LogP contribution in [0.3, 0.4) is 0 Å². The van der Waals surface area contributed by atoms with Crippen LogP contribution in [0, 0.1) is 0 Å². The third-order valence-electron chi connectivity index (χ3n) is 1.93.